The summed E-state index contributed by atoms with van der Waals surface area (Å²) < 4.78 is 11.1. The molecular formula is C16H22N4O3. The average Bonchev–Trinajstić information content (AvgIpc) is 3.16. The van der Waals surface area contributed by atoms with Gasteiger partial charge in [0, 0.05) is 31.4 Å². The molecule has 7 nitrogen and oxygen atoms in total. The van der Waals surface area contributed by atoms with Crippen molar-refractivity contribution in [2.75, 3.05) is 37.7 Å². The van der Waals surface area contributed by atoms with Gasteiger partial charge in [-0.15, -0.1) is 0 Å². The van der Waals surface area contributed by atoms with Crippen molar-refractivity contribution in [3.8, 4) is 0 Å². The van der Waals surface area contributed by atoms with E-state index in [4.69, 9.17) is 9.47 Å². The molecule has 1 spiro atoms. The fourth-order valence-electron chi connectivity index (χ4n) is 3.63. The van der Waals surface area contributed by atoms with Crippen molar-refractivity contribution >= 4 is 11.9 Å². The largest absolute Gasteiger partial charge is 0.440 e. The summed E-state index contributed by atoms with van der Waals surface area (Å²) in [6.45, 7) is 5.65. The molecule has 4 rings (SSSR count). The highest BCUT2D eigenvalue weighted by atomic mass is 16.6. The van der Waals surface area contributed by atoms with Gasteiger partial charge < -0.3 is 14.8 Å². The van der Waals surface area contributed by atoms with E-state index in [1.807, 2.05) is 13.0 Å². The first-order chi connectivity index (χ1) is 11.2. The monoisotopic (exact) mass is 318 g/mol. The highest BCUT2D eigenvalue weighted by molar-refractivity contribution is 5.89. The van der Waals surface area contributed by atoms with Crippen molar-refractivity contribution in [2.45, 2.75) is 37.7 Å². The third kappa shape index (κ3) is 2.79. The number of hydrogen-bond acceptors (Lipinski definition) is 6. The normalized spacial score (nSPS) is 26.7. The van der Waals surface area contributed by atoms with Gasteiger partial charge in [0.05, 0.1) is 25.5 Å². The Hall–Kier alpha value is -1.73. The number of carbonyl (C=O) groups is 1. The molecule has 0 saturated carbocycles. The van der Waals surface area contributed by atoms with E-state index in [0.717, 1.165) is 38.0 Å². The predicted octanol–water partition coefficient (Wildman–Crippen LogP) is 1.37. The van der Waals surface area contributed by atoms with E-state index >= 15 is 0 Å². The second-order valence-corrected chi connectivity index (χ2v) is 6.64. The van der Waals surface area contributed by atoms with Crippen molar-refractivity contribution in [3.63, 3.8) is 0 Å². The fourth-order valence-corrected chi connectivity index (χ4v) is 3.63. The first-order valence-electron chi connectivity index (χ1n) is 8.30. The number of carbonyl (C=O) groups excluding carboxylic acids is 1. The summed E-state index contributed by atoms with van der Waals surface area (Å²) >= 11 is 0. The summed E-state index contributed by atoms with van der Waals surface area (Å²) in [7, 11) is 0. The number of nitrogens with zero attached hydrogens (tertiary/aromatic N) is 3. The SMILES string of the molecule is Cc1nc([C@H]2CCNC2)cc(N2CC3(CCOCC3)OC2=O)n1. The van der Waals surface area contributed by atoms with Gasteiger partial charge in [-0.3, -0.25) is 4.90 Å². The van der Waals surface area contributed by atoms with Crippen LogP contribution in [0.5, 0.6) is 0 Å². The van der Waals surface area contributed by atoms with Gasteiger partial charge in [-0.2, -0.15) is 0 Å². The predicted molar refractivity (Wildman–Crippen MR) is 83.6 cm³/mol. The topological polar surface area (TPSA) is 76.6 Å². The van der Waals surface area contributed by atoms with Crippen LogP contribution >= 0.6 is 0 Å². The summed E-state index contributed by atoms with van der Waals surface area (Å²) in [5, 5.41) is 3.36. The molecule has 0 radical (unpaired) electrons. The number of rotatable bonds is 2. The number of hydrogen-bond donors (Lipinski definition) is 1. The number of ether oxygens (including phenoxy) is 2. The van der Waals surface area contributed by atoms with Crippen LogP contribution in [-0.4, -0.2) is 54.5 Å². The minimum Gasteiger partial charge on any atom is -0.440 e. The first-order valence-corrected chi connectivity index (χ1v) is 8.30. The second-order valence-electron chi connectivity index (χ2n) is 6.64. The number of anilines is 1. The molecular weight excluding hydrogens is 296 g/mol. The summed E-state index contributed by atoms with van der Waals surface area (Å²) in [6, 6.07) is 1.95. The van der Waals surface area contributed by atoms with Crippen molar-refractivity contribution < 1.29 is 14.3 Å². The van der Waals surface area contributed by atoms with Crippen LogP contribution in [0.4, 0.5) is 10.6 Å². The Labute approximate surface area is 135 Å². The lowest BCUT2D eigenvalue weighted by Crippen LogP contribution is -2.40. The zero-order valence-electron chi connectivity index (χ0n) is 13.4. The van der Waals surface area contributed by atoms with Crippen LogP contribution < -0.4 is 10.2 Å². The third-order valence-electron chi connectivity index (χ3n) is 4.97. The Morgan fingerprint density at radius 1 is 1.35 bits per heavy atom. The molecule has 4 heterocycles. The lowest BCUT2D eigenvalue weighted by atomic mass is 9.94. The van der Waals surface area contributed by atoms with Gasteiger partial charge in [0.2, 0.25) is 0 Å². The summed E-state index contributed by atoms with van der Waals surface area (Å²) in [5.41, 5.74) is 0.599. The minimum absolute atomic E-state index is 0.305. The van der Waals surface area contributed by atoms with Gasteiger partial charge in [-0.25, -0.2) is 14.8 Å². The summed E-state index contributed by atoms with van der Waals surface area (Å²) in [4.78, 5) is 23.1. The maximum Gasteiger partial charge on any atom is 0.416 e. The van der Waals surface area contributed by atoms with Gasteiger partial charge in [-0.05, 0) is 19.9 Å². The minimum atomic E-state index is -0.413. The Morgan fingerprint density at radius 2 is 2.17 bits per heavy atom. The molecule has 1 aromatic heterocycles. The molecule has 124 valence electrons. The molecule has 1 aromatic rings. The smallest absolute Gasteiger partial charge is 0.416 e. The molecule has 0 aromatic carbocycles. The van der Waals surface area contributed by atoms with E-state index in [1.54, 1.807) is 4.90 Å². The Bertz CT molecular complexity index is 609. The van der Waals surface area contributed by atoms with Crippen molar-refractivity contribution in [2.24, 2.45) is 0 Å². The number of amides is 1. The average molecular weight is 318 g/mol. The van der Waals surface area contributed by atoms with Crippen LogP contribution in [0.3, 0.4) is 0 Å². The highest BCUT2D eigenvalue weighted by Crippen LogP contribution is 2.35. The van der Waals surface area contributed by atoms with Gasteiger partial charge in [0.25, 0.3) is 0 Å². The third-order valence-corrected chi connectivity index (χ3v) is 4.97. The van der Waals surface area contributed by atoms with Crippen LogP contribution in [-0.2, 0) is 9.47 Å². The Morgan fingerprint density at radius 3 is 2.91 bits per heavy atom. The lowest BCUT2D eigenvalue weighted by molar-refractivity contribution is -0.0431. The quantitative estimate of drug-likeness (QED) is 0.887. The zero-order valence-corrected chi connectivity index (χ0v) is 13.4. The molecule has 1 N–H and O–H groups in total. The van der Waals surface area contributed by atoms with Crippen LogP contribution in [0.15, 0.2) is 6.07 Å². The van der Waals surface area contributed by atoms with E-state index in [2.05, 4.69) is 15.3 Å². The first kappa shape index (κ1) is 14.8. The van der Waals surface area contributed by atoms with Crippen molar-refractivity contribution in [3.05, 3.63) is 17.6 Å². The molecule has 0 aliphatic carbocycles. The van der Waals surface area contributed by atoms with Gasteiger partial charge in [-0.1, -0.05) is 0 Å². The van der Waals surface area contributed by atoms with Crippen LogP contribution in [0.1, 0.15) is 36.7 Å². The van der Waals surface area contributed by atoms with E-state index in [0.29, 0.717) is 37.3 Å². The molecule has 7 heteroatoms. The molecule has 0 unspecified atom stereocenters. The standard InChI is InChI=1S/C16H22N4O3/c1-11-18-13(12-2-5-17-9-12)8-14(19-11)20-10-16(23-15(20)21)3-6-22-7-4-16/h8,12,17H,2-7,9-10H2,1H3/t12-/m0/s1. The Balaban J connectivity index is 1.61. The second kappa shape index (κ2) is 5.72. The highest BCUT2D eigenvalue weighted by Gasteiger charge is 2.47. The van der Waals surface area contributed by atoms with Crippen molar-refractivity contribution in [1.29, 1.82) is 0 Å². The summed E-state index contributed by atoms with van der Waals surface area (Å²) in [6.07, 6.45) is 2.26. The summed E-state index contributed by atoms with van der Waals surface area (Å²) in [5.74, 6) is 1.75. The van der Waals surface area contributed by atoms with E-state index < -0.39 is 5.60 Å². The number of nitrogens with one attached hydrogen (secondary N) is 1. The van der Waals surface area contributed by atoms with Gasteiger partial charge >= 0.3 is 6.09 Å². The number of aromatic nitrogens is 2. The molecule has 3 fully saturated rings. The van der Waals surface area contributed by atoms with E-state index in [-0.39, 0.29) is 6.09 Å². The molecule has 3 aliphatic rings. The molecule has 1 atom stereocenters. The van der Waals surface area contributed by atoms with Crippen LogP contribution in [0, 0.1) is 6.92 Å². The van der Waals surface area contributed by atoms with Gasteiger partial charge in [0.15, 0.2) is 0 Å². The van der Waals surface area contributed by atoms with E-state index in [9.17, 15) is 4.79 Å². The molecule has 0 bridgehead atoms. The maximum atomic E-state index is 12.4. The maximum absolute atomic E-state index is 12.4. The molecule has 3 aliphatic heterocycles. The number of aryl methyl sites for hydroxylation is 1. The fraction of sp³-hybridized carbons (Fsp3) is 0.688. The zero-order chi connectivity index (χ0) is 15.9. The Kier molecular flexibility index (Phi) is 3.69. The van der Waals surface area contributed by atoms with Gasteiger partial charge in [0.1, 0.15) is 17.2 Å². The van der Waals surface area contributed by atoms with Crippen molar-refractivity contribution in [1.82, 2.24) is 15.3 Å². The van der Waals surface area contributed by atoms with Crippen LogP contribution in [0.25, 0.3) is 0 Å². The lowest BCUT2D eigenvalue weighted by Gasteiger charge is -2.30. The molecule has 1 amide bonds. The molecule has 3 saturated heterocycles. The molecule has 23 heavy (non-hydrogen) atoms. The van der Waals surface area contributed by atoms with E-state index in [1.165, 1.54) is 0 Å². The van der Waals surface area contributed by atoms with Crippen LogP contribution in [0.2, 0.25) is 0 Å².